The van der Waals surface area contributed by atoms with E-state index in [4.69, 9.17) is 4.74 Å². The summed E-state index contributed by atoms with van der Waals surface area (Å²) in [4.78, 5) is 13.4. The molecule has 1 aliphatic heterocycles. The van der Waals surface area contributed by atoms with Crippen molar-refractivity contribution in [3.63, 3.8) is 0 Å². The second-order valence-electron chi connectivity index (χ2n) is 11.2. The van der Waals surface area contributed by atoms with Gasteiger partial charge in [0.15, 0.2) is 0 Å². The second-order valence-corrected chi connectivity index (χ2v) is 11.2. The van der Waals surface area contributed by atoms with Gasteiger partial charge in [-0.15, -0.1) is 0 Å². The Kier molecular flexibility index (Phi) is 7.61. The molecule has 0 aromatic heterocycles. The van der Waals surface area contributed by atoms with E-state index in [0.29, 0.717) is 36.1 Å². The minimum Gasteiger partial charge on any atom is -0.490 e. The van der Waals surface area contributed by atoms with Crippen molar-refractivity contribution in [1.82, 2.24) is 4.90 Å². The number of aliphatic carboxylic acids is 1. The summed E-state index contributed by atoms with van der Waals surface area (Å²) in [5.41, 5.74) is 2.36. The van der Waals surface area contributed by atoms with Crippen LogP contribution in [0.2, 0.25) is 0 Å². The largest absolute Gasteiger partial charge is 0.490 e. The maximum atomic E-state index is 15.4. The van der Waals surface area contributed by atoms with E-state index in [1.165, 1.54) is 12.8 Å². The van der Waals surface area contributed by atoms with Crippen LogP contribution in [0.15, 0.2) is 42.5 Å². The van der Waals surface area contributed by atoms with Crippen LogP contribution in [-0.4, -0.2) is 35.2 Å². The lowest BCUT2D eigenvalue weighted by Crippen LogP contribution is -2.38. The first-order chi connectivity index (χ1) is 16.2. The van der Waals surface area contributed by atoms with Crippen molar-refractivity contribution < 1.29 is 19.0 Å². The molecule has 0 radical (unpaired) electrons. The number of hydrogen-bond acceptors (Lipinski definition) is 3. The van der Waals surface area contributed by atoms with E-state index in [0.717, 1.165) is 43.0 Å². The van der Waals surface area contributed by atoms with Crippen molar-refractivity contribution in [3.05, 3.63) is 53.8 Å². The highest BCUT2D eigenvalue weighted by Crippen LogP contribution is 2.39. The van der Waals surface area contributed by atoms with Crippen LogP contribution in [0, 0.1) is 23.1 Å². The summed E-state index contributed by atoms with van der Waals surface area (Å²) in [5, 5.41) is 9.33. The van der Waals surface area contributed by atoms with E-state index in [2.05, 4.69) is 25.7 Å². The molecule has 1 aliphatic carbocycles. The SMILES string of the molecule is CC(C)(C)C1CCC(Oc2ccc(-c3cccc(CN4CCCC(C(=O)O)C4)c3F)cc2)CC1. The maximum Gasteiger partial charge on any atom is 0.307 e. The van der Waals surface area contributed by atoms with Gasteiger partial charge in [0.25, 0.3) is 0 Å². The van der Waals surface area contributed by atoms with E-state index in [1.807, 2.05) is 30.3 Å². The van der Waals surface area contributed by atoms with E-state index in [-0.39, 0.29) is 17.8 Å². The lowest BCUT2D eigenvalue weighted by Gasteiger charge is -2.36. The molecule has 1 saturated heterocycles. The van der Waals surface area contributed by atoms with Crippen LogP contribution in [-0.2, 0) is 11.3 Å². The number of rotatable bonds is 6. The van der Waals surface area contributed by atoms with E-state index < -0.39 is 5.97 Å². The summed E-state index contributed by atoms with van der Waals surface area (Å²) in [7, 11) is 0. The molecule has 0 bridgehead atoms. The first-order valence-corrected chi connectivity index (χ1v) is 12.7. The molecular formula is C29H38FNO3. The van der Waals surface area contributed by atoms with Crippen LogP contribution < -0.4 is 4.74 Å². The number of carbonyl (C=O) groups is 1. The molecule has 1 heterocycles. The Bertz CT molecular complexity index is 974. The molecule has 1 N–H and O–H groups in total. The number of carboxylic acids is 1. The Morgan fingerprint density at radius 3 is 2.41 bits per heavy atom. The van der Waals surface area contributed by atoms with Crippen molar-refractivity contribution in [1.29, 1.82) is 0 Å². The van der Waals surface area contributed by atoms with Crippen LogP contribution in [0.5, 0.6) is 5.75 Å². The maximum absolute atomic E-state index is 15.4. The first kappa shape index (κ1) is 24.7. The topological polar surface area (TPSA) is 49.8 Å². The zero-order chi connectivity index (χ0) is 24.3. The predicted molar refractivity (Wildman–Crippen MR) is 133 cm³/mol. The average Bonchev–Trinajstić information content (AvgIpc) is 2.81. The fraction of sp³-hybridized carbons (Fsp3) is 0.552. The van der Waals surface area contributed by atoms with Crippen LogP contribution >= 0.6 is 0 Å². The summed E-state index contributed by atoms with van der Waals surface area (Å²) < 4.78 is 21.6. The molecule has 2 aliphatic rings. The summed E-state index contributed by atoms with van der Waals surface area (Å²) >= 11 is 0. The predicted octanol–water partition coefficient (Wildman–Crippen LogP) is 6.77. The van der Waals surface area contributed by atoms with Gasteiger partial charge in [0.05, 0.1) is 12.0 Å². The summed E-state index contributed by atoms with van der Waals surface area (Å²) in [5.74, 6) is 0.242. The number of hydrogen-bond donors (Lipinski definition) is 1. The minimum atomic E-state index is -0.761. The quantitative estimate of drug-likeness (QED) is 0.509. The number of piperidine rings is 1. The molecule has 0 spiro atoms. The van der Waals surface area contributed by atoms with Gasteiger partial charge in [-0.05, 0) is 74.1 Å². The summed E-state index contributed by atoms with van der Waals surface area (Å²) in [6, 6.07) is 13.2. The van der Waals surface area contributed by atoms with Gasteiger partial charge in [-0.3, -0.25) is 9.69 Å². The third kappa shape index (κ3) is 5.99. The first-order valence-electron chi connectivity index (χ1n) is 12.7. The van der Waals surface area contributed by atoms with Crippen LogP contribution in [0.3, 0.4) is 0 Å². The highest BCUT2D eigenvalue weighted by atomic mass is 19.1. The minimum absolute atomic E-state index is 0.228. The smallest absolute Gasteiger partial charge is 0.307 e. The van der Waals surface area contributed by atoms with Crippen LogP contribution in [0.25, 0.3) is 11.1 Å². The van der Waals surface area contributed by atoms with Crippen molar-refractivity contribution >= 4 is 5.97 Å². The third-order valence-corrected chi connectivity index (χ3v) is 7.69. The van der Waals surface area contributed by atoms with Gasteiger partial charge in [-0.25, -0.2) is 4.39 Å². The highest BCUT2D eigenvalue weighted by molar-refractivity contribution is 5.70. The lowest BCUT2D eigenvalue weighted by molar-refractivity contribution is -0.143. The number of ether oxygens (including phenoxy) is 1. The fourth-order valence-corrected chi connectivity index (χ4v) is 5.52. The zero-order valence-corrected chi connectivity index (χ0v) is 20.7. The van der Waals surface area contributed by atoms with Crippen molar-refractivity contribution in [2.24, 2.45) is 17.3 Å². The van der Waals surface area contributed by atoms with E-state index >= 15 is 4.39 Å². The molecular weight excluding hydrogens is 429 g/mol. The Balaban J connectivity index is 1.39. The van der Waals surface area contributed by atoms with E-state index in [9.17, 15) is 9.90 Å². The van der Waals surface area contributed by atoms with Gasteiger partial charge in [0.2, 0.25) is 0 Å². The third-order valence-electron chi connectivity index (χ3n) is 7.69. The molecule has 2 aromatic rings. The van der Waals surface area contributed by atoms with Gasteiger partial charge in [-0.2, -0.15) is 0 Å². The lowest BCUT2D eigenvalue weighted by atomic mass is 9.72. The molecule has 0 amide bonds. The normalized spacial score (nSPS) is 24.1. The van der Waals surface area contributed by atoms with Gasteiger partial charge >= 0.3 is 5.97 Å². The van der Waals surface area contributed by atoms with Gasteiger partial charge in [0, 0.05) is 24.2 Å². The average molecular weight is 468 g/mol. The number of nitrogens with zero attached hydrogens (tertiary/aromatic N) is 1. The number of carboxylic acid groups (broad SMARTS) is 1. The molecule has 4 nitrogen and oxygen atoms in total. The molecule has 1 saturated carbocycles. The summed E-state index contributed by atoms with van der Waals surface area (Å²) in [6.07, 6.45) is 6.35. The number of halogens is 1. The molecule has 34 heavy (non-hydrogen) atoms. The van der Waals surface area contributed by atoms with Crippen LogP contribution in [0.1, 0.15) is 64.9 Å². The molecule has 2 aromatic carbocycles. The Morgan fingerprint density at radius 2 is 1.76 bits per heavy atom. The Labute approximate surface area is 203 Å². The van der Waals surface area contributed by atoms with Crippen molar-refractivity contribution in [3.8, 4) is 16.9 Å². The molecule has 184 valence electrons. The van der Waals surface area contributed by atoms with E-state index in [1.54, 1.807) is 12.1 Å². The van der Waals surface area contributed by atoms with Crippen molar-refractivity contribution in [2.45, 2.75) is 71.9 Å². The van der Waals surface area contributed by atoms with Crippen molar-refractivity contribution in [2.75, 3.05) is 13.1 Å². The zero-order valence-electron chi connectivity index (χ0n) is 20.7. The standard InChI is InChI=1S/C29H38FNO3/c1-29(2,3)23-11-15-25(16-12-23)34-24-13-9-20(10-14-24)26-8-4-6-21(27(26)30)18-31-17-5-7-22(19-31)28(32)33/h4,6,8-10,13-14,22-23,25H,5,7,11-12,15-19H2,1-3H3,(H,32,33). The van der Waals surface area contributed by atoms with Gasteiger partial charge in [0.1, 0.15) is 11.6 Å². The number of likely N-dealkylation sites (tertiary alicyclic amines) is 1. The Hall–Kier alpha value is -2.40. The van der Waals surface area contributed by atoms with Crippen LogP contribution in [0.4, 0.5) is 4.39 Å². The molecule has 1 unspecified atom stereocenters. The molecule has 4 rings (SSSR count). The van der Waals surface area contributed by atoms with Gasteiger partial charge in [-0.1, -0.05) is 51.1 Å². The number of benzene rings is 2. The monoisotopic (exact) mass is 467 g/mol. The van der Waals surface area contributed by atoms with Gasteiger partial charge < -0.3 is 9.84 Å². The molecule has 5 heteroatoms. The summed E-state index contributed by atoms with van der Waals surface area (Å²) in [6.45, 7) is 8.68. The molecule has 1 atom stereocenters. The molecule has 2 fully saturated rings. The highest BCUT2D eigenvalue weighted by Gasteiger charge is 2.30. The fourth-order valence-electron chi connectivity index (χ4n) is 5.52. The Morgan fingerprint density at radius 1 is 1.06 bits per heavy atom. The second kappa shape index (κ2) is 10.5.